The minimum absolute atomic E-state index is 0.171. The van der Waals surface area contributed by atoms with Gasteiger partial charge in [0.05, 0.1) is 11.3 Å². The van der Waals surface area contributed by atoms with E-state index >= 15 is 0 Å². The molecule has 2 aromatic rings. The van der Waals surface area contributed by atoms with Crippen LogP contribution in [-0.2, 0) is 0 Å². The Morgan fingerprint density at radius 2 is 2.00 bits per heavy atom. The van der Waals surface area contributed by atoms with Gasteiger partial charge in [-0.05, 0) is 44.5 Å². The molecule has 0 saturated carbocycles. The van der Waals surface area contributed by atoms with Crippen LogP contribution in [0.25, 0.3) is 0 Å². The van der Waals surface area contributed by atoms with Gasteiger partial charge < -0.3 is 5.32 Å². The Morgan fingerprint density at radius 1 is 1.25 bits per heavy atom. The number of hydrogen-bond acceptors (Lipinski definition) is 5. The van der Waals surface area contributed by atoms with E-state index in [2.05, 4.69) is 21.4 Å². The molecule has 1 unspecified atom stereocenters. The van der Waals surface area contributed by atoms with E-state index in [1.165, 1.54) is 0 Å². The molecule has 4 rings (SSSR count). The van der Waals surface area contributed by atoms with E-state index in [0.717, 1.165) is 42.8 Å². The maximum Gasteiger partial charge on any atom is 0.170 e. The summed E-state index contributed by atoms with van der Waals surface area (Å²) in [6.45, 7) is 3.49. The molecule has 1 aliphatic heterocycles. The van der Waals surface area contributed by atoms with Gasteiger partial charge >= 0.3 is 0 Å². The highest BCUT2D eigenvalue weighted by Crippen LogP contribution is 2.54. The van der Waals surface area contributed by atoms with E-state index in [-0.39, 0.29) is 11.7 Å². The van der Waals surface area contributed by atoms with Gasteiger partial charge in [-0.3, -0.25) is 4.79 Å². The Hall–Kier alpha value is -2.58. The molecule has 1 saturated heterocycles. The highest BCUT2D eigenvalue weighted by molar-refractivity contribution is 6.06. The largest absolute Gasteiger partial charge is 0.317 e. The number of fused-ring (bicyclic) bond motifs is 1. The molecular formula is C19H18N4O. The summed E-state index contributed by atoms with van der Waals surface area (Å²) in [6, 6.07) is 11.6. The molecule has 5 heteroatoms. The number of hydrogen-bond donors (Lipinski definition) is 1. The number of nitriles is 1. The zero-order chi connectivity index (χ0) is 16.7. The third-order valence-electron chi connectivity index (χ3n) is 5.26. The molecule has 5 nitrogen and oxygen atoms in total. The lowest BCUT2D eigenvalue weighted by Crippen LogP contribution is -2.43. The number of ketones is 1. The lowest BCUT2D eigenvalue weighted by atomic mass is 9.68. The van der Waals surface area contributed by atoms with E-state index in [0.29, 0.717) is 11.5 Å². The summed E-state index contributed by atoms with van der Waals surface area (Å²) in [6.07, 6.45) is 1.54. The first-order chi connectivity index (χ1) is 11.7. The summed E-state index contributed by atoms with van der Waals surface area (Å²) in [5, 5.41) is 12.6. The topological polar surface area (TPSA) is 78.7 Å². The van der Waals surface area contributed by atoms with Gasteiger partial charge in [-0.2, -0.15) is 5.26 Å². The molecule has 2 aliphatic rings. The van der Waals surface area contributed by atoms with Gasteiger partial charge in [0.25, 0.3) is 0 Å². The van der Waals surface area contributed by atoms with Crippen molar-refractivity contribution in [2.24, 2.45) is 5.41 Å². The van der Waals surface area contributed by atoms with Crippen LogP contribution >= 0.6 is 0 Å². The van der Waals surface area contributed by atoms with Crippen molar-refractivity contribution in [3.8, 4) is 6.07 Å². The molecular weight excluding hydrogens is 300 g/mol. The van der Waals surface area contributed by atoms with Crippen LogP contribution in [0.4, 0.5) is 0 Å². The Bertz CT molecular complexity index is 862. The summed E-state index contributed by atoms with van der Waals surface area (Å²) in [7, 11) is 0. The molecule has 1 spiro atoms. The molecule has 0 amide bonds. The predicted molar refractivity (Wildman–Crippen MR) is 88.6 cm³/mol. The van der Waals surface area contributed by atoms with Gasteiger partial charge in [0, 0.05) is 11.3 Å². The van der Waals surface area contributed by atoms with Crippen LogP contribution in [0, 0.1) is 23.7 Å². The molecule has 1 aromatic heterocycles. The van der Waals surface area contributed by atoms with Crippen LogP contribution in [0.2, 0.25) is 0 Å². The van der Waals surface area contributed by atoms with Gasteiger partial charge in [0.2, 0.25) is 0 Å². The summed E-state index contributed by atoms with van der Waals surface area (Å²) < 4.78 is 0. The zero-order valence-corrected chi connectivity index (χ0v) is 13.5. The third kappa shape index (κ3) is 2.07. The molecule has 0 bridgehead atoms. The number of piperidine rings is 1. The van der Waals surface area contributed by atoms with Crippen molar-refractivity contribution in [1.82, 2.24) is 15.3 Å². The molecule has 2 heterocycles. The van der Waals surface area contributed by atoms with Gasteiger partial charge in [-0.25, -0.2) is 9.97 Å². The second kappa shape index (κ2) is 5.50. The number of carbonyl (C=O) groups is 1. The number of rotatable bonds is 1. The van der Waals surface area contributed by atoms with Crippen molar-refractivity contribution >= 4 is 5.78 Å². The van der Waals surface area contributed by atoms with E-state index in [1.807, 2.05) is 31.2 Å². The minimum atomic E-state index is -0.491. The summed E-state index contributed by atoms with van der Waals surface area (Å²) in [5.41, 5.74) is 2.41. The summed E-state index contributed by atoms with van der Waals surface area (Å²) in [5.74, 6) is 0.635. The van der Waals surface area contributed by atoms with Crippen LogP contribution in [0.3, 0.4) is 0 Å². The van der Waals surface area contributed by atoms with Crippen LogP contribution in [0.1, 0.15) is 51.9 Å². The van der Waals surface area contributed by atoms with Crippen molar-refractivity contribution in [1.29, 1.82) is 5.26 Å². The normalized spacial score (nSPS) is 21.5. The average molecular weight is 318 g/mol. The fourth-order valence-electron chi connectivity index (χ4n) is 4.21. The lowest BCUT2D eigenvalue weighted by molar-refractivity contribution is 0.0726. The quantitative estimate of drug-likeness (QED) is 0.873. The number of aryl methyl sites for hydroxylation is 1. The van der Waals surface area contributed by atoms with Crippen molar-refractivity contribution in [3.63, 3.8) is 0 Å². The van der Waals surface area contributed by atoms with Crippen molar-refractivity contribution in [2.45, 2.75) is 25.7 Å². The fraction of sp³-hybridized carbons (Fsp3) is 0.368. The number of nitrogens with one attached hydrogen (secondary N) is 1. The first-order valence-corrected chi connectivity index (χ1v) is 8.26. The molecule has 1 fully saturated rings. The smallest absolute Gasteiger partial charge is 0.170 e. The van der Waals surface area contributed by atoms with Gasteiger partial charge in [0.1, 0.15) is 17.6 Å². The van der Waals surface area contributed by atoms with Gasteiger partial charge in [-0.15, -0.1) is 0 Å². The van der Waals surface area contributed by atoms with E-state index in [4.69, 9.17) is 0 Å². The SMILES string of the molecule is Cc1cc(C#N)nc(C2c3ccccc3C(=O)C23CCNCC3)n1. The van der Waals surface area contributed by atoms with E-state index in [9.17, 15) is 10.1 Å². The number of nitrogens with zero attached hydrogens (tertiary/aromatic N) is 3. The second-order valence-electron chi connectivity index (χ2n) is 6.62. The Labute approximate surface area is 140 Å². The molecule has 0 radical (unpaired) electrons. The van der Waals surface area contributed by atoms with Crippen molar-refractivity contribution < 1.29 is 4.79 Å². The maximum atomic E-state index is 13.2. The molecule has 1 atom stereocenters. The first-order valence-electron chi connectivity index (χ1n) is 8.26. The highest BCUT2D eigenvalue weighted by atomic mass is 16.1. The molecule has 1 aromatic carbocycles. The molecule has 1 aliphatic carbocycles. The highest BCUT2D eigenvalue weighted by Gasteiger charge is 2.54. The van der Waals surface area contributed by atoms with Crippen molar-refractivity contribution in [2.75, 3.05) is 13.1 Å². The monoisotopic (exact) mass is 318 g/mol. The summed E-state index contributed by atoms with van der Waals surface area (Å²) >= 11 is 0. The van der Waals surface area contributed by atoms with Gasteiger partial charge in [-0.1, -0.05) is 24.3 Å². The van der Waals surface area contributed by atoms with Gasteiger partial charge in [0.15, 0.2) is 5.78 Å². The second-order valence-corrected chi connectivity index (χ2v) is 6.62. The first kappa shape index (κ1) is 15.0. The zero-order valence-electron chi connectivity index (χ0n) is 13.5. The van der Waals surface area contributed by atoms with Crippen molar-refractivity contribution in [3.05, 3.63) is 58.7 Å². The Morgan fingerprint density at radius 3 is 2.75 bits per heavy atom. The maximum absolute atomic E-state index is 13.2. The molecule has 24 heavy (non-hydrogen) atoms. The van der Waals surface area contributed by atoms with E-state index < -0.39 is 5.41 Å². The number of aromatic nitrogens is 2. The molecule has 1 N–H and O–H groups in total. The average Bonchev–Trinajstić information content (AvgIpc) is 2.84. The minimum Gasteiger partial charge on any atom is -0.317 e. The number of Topliss-reactive ketones (excluding diaryl/α,β-unsaturated/α-hetero) is 1. The summed E-state index contributed by atoms with van der Waals surface area (Å²) in [4.78, 5) is 22.3. The van der Waals surface area contributed by atoms with Crippen LogP contribution in [-0.4, -0.2) is 28.8 Å². The standard InChI is InChI=1S/C19H18N4O/c1-12-10-13(11-20)23-18(22-12)16-14-4-2-3-5-15(14)17(24)19(16)6-8-21-9-7-19/h2-5,10,16,21H,6-9H2,1H3. The molecule has 120 valence electrons. The fourth-order valence-corrected chi connectivity index (χ4v) is 4.21. The number of carbonyl (C=O) groups excluding carboxylic acids is 1. The lowest BCUT2D eigenvalue weighted by Gasteiger charge is -2.37. The van der Waals surface area contributed by atoms with Crippen LogP contribution in [0.5, 0.6) is 0 Å². The van der Waals surface area contributed by atoms with Crippen LogP contribution < -0.4 is 5.32 Å². The third-order valence-corrected chi connectivity index (χ3v) is 5.26. The Balaban J connectivity index is 1.95. The number of benzene rings is 1. The Kier molecular flexibility index (Phi) is 3.43. The van der Waals surface area contributed by atoms with Crippen LogP contribution in [0.15, 0.2) is 30.3 Å². The predicted octanol–water partition coefficient (Wildman–Crippen LogP) is 2.35. The van der Waals surface area contributed by atoms with E-state index in [1.54, 1.807) is 6.07 Å².